The molecule has 1 heterocycles. The van der Waals surface area contributed by atoms with Gasteiger partial charge in [-0.2, -0.15) is 0 Å². The van der Waals surface area contributed by atoms with Crippen LogP contribution < -0.4 is 0 Å². The van der Waals surface area contributed by atoms with Gasteiger partial charge in [-0.3, -0.25) is 0 Å². The van der Waals surface area contributed by atoms with Crippen LogP contribution in [0.25, 0.3) is 0 Å². The first kappa shape index (κ1) is 39.0. The Morgan fingerprint density at radius 1 is 1.03 bits per heavy atom. The normalized spacial score (nSPS) is 23.5. The smallest absolute Gasteiger partial charge is 0 e. The number of methoxy groups -OCH3 is 2. The molecule has 0 unspecified atom stereocenters. The minimum absolute atomic E-state index is 0. The molecule has 1 aliphatic carbocycles. The number of ether oxygens (including phenoxy) is 4. The second-order valence-electron chi connectivity index (χ2n) is 5.25. The van der Waals surface area contributed by atoms with E-state index in [1.807, 2.05) is 19.9 Å². The fraction of sp³-hybridized carbons (Fsp3) is 0.526. The Kier molecular flexibility index (Phi) is 33.2. The minimum atomic E-state index is -0.540. The molecule has 0 spiro atoms. The van der Waals surface area contributed by atoms with Crippen LogP contribution in [0.15, 0.2) is 12.2 Å². The summed E-state index contributed by atoms with van der Waals surface area (Å²) < 4.78 is 58.5. The molecule has 1 saturated carbocycles. The molecule has 0 aromatic carbocycles. The third-order valence-corrected chi connectivity index (χ3v) is 3.50. The molecule has 10 nitrogen and oxygen atoms in total. The average Bonchev–Trinajstić information content (AvgIpc) is 3.35. The minimum Gasteiger partial charge on any atom is 0 e. The van der Waals surface area contributed by atoms with Crippen LogP contribution in [0.3, 0.4) is 0 Å². The van der Waals surface area contributed by atoms with E-state index < -0.39 is 5.79 Å². The monoisotopic (exact) mass is 592 g/mol. The number of carbonyl (C=O) groups excluding carboxylic acids is 1. The van der Waals surface area contributed by atoms with Crippen molar-refractivity contribution in [2.24, 2.45) is 17.8 Å². The first-order chi connectivity index (χ1) is 14.0. The van der Waals surface area contributed by atoms with Gasteiger partial charge in [-0.1, -0.05) is 6.08 Å². The van der Waals surface area contributed by atoms with Crippen LogP contribution >= 0.6 is 0 Å². The van der Waals surface area contributed by atoms with Crippen molar-refractivity contribution in [3.05, 3.63) is 52.0 Å². The molecule has 0 aromatic heterocycles. The molecule has 11 heteroatoms. The van der Waals surface area contributed by atoms with Gasteiger partial charge in [0.1, 0.15) is 6.61 Å². The van der Waals surface area contributed by atoms with Crippen LogP contribution in [0.4, 0.5) is 0 Å². The van der Waals surface area contributed by atoms with Crippen LogP contribution in [0, 0.1) is 57.6 Å². The standard InChI is InChI=1S/C14H20O5.5CO.W/c1-14(2)18-8-11(19-14)13-9(10(13)7-16-3)5-6-12(15)17-4;5*1-2;/h5-6,9-11,13H,8H2,1-4H3;;;;;;/b6-5-;;;;;;/t9-,10-,11-,13-;;;;;;/m1....../s1. The third kappa shape index (κ3) is 15.3. The molecule has 1 saturated heterocycles. The van der Waals surface area contributed by atoms with Gasteiger partial charge in [-0.25, -0.2) is 4.79 Å². The molecule has 2 aliphatic rings. The van der Waals surface area contributed by atoms with E-state index in [4.69, 9.17) is 37.5 Å². The molecule has 4 atom stereocenters. The Balaban J connectivity index is -0.000000166. The van der Waals surface area contributed by atoms with Crippen molar-refractivity contribution in [2.45, 2.75) is 25.7 Å². The molecule has 2 fully saturated rings. The number of hydrogen-bond donors (Lipinski definition) is 0. The fourth-order valence-electron chi connectivity index (χ4n) is 2.54. The van der Waals surface area contributed by atoms with E-state index in [0.29, 0.717) is 6.61 Å². The molecule has 0 N–H and O–H groups in total. The van der Waals surface area contributed by atoms with Gasteiger partial charge >= 0.3 is 62.5 Å². The van der Waals surface area contributed by atoms with Crippen LogP contribution in [-0.4, -0.2) is 38.7 Å². The van der Waals surface area contributed by atoms with Crippen molar-refractivity contribution in [2.75, 3.05) is 20.8 Å². The zero-order chi connectivity index (χ0) is 24.0. The van der Waals surface area contributed by atoms with Crippen LogP contribution in [-0.2, 0) is 68.1 Å². The fourth-order valence-corrected chi connectivity index (χ4v) is 2.54. The number of hydrogen-bond acceptors (Lipinski definition) is 5. The average molecular weight is 592 g/mol. The zero-order valence-corrected chi connectivity index (χ0v) is 19.6. The third-order valence-electron chi connectivity index (χ3n) is 3.50. The number of rotatable bonds is 5. The van der Waals surface area contributed by atoms with Gasteiger partial charge in [0.05, 0.1) is 19.8 Å². The number of allylic oxidation sites excluding steroid dienone is 1. The summed E-state index contributed by atoms with van der Waals surface area (Å²) in [6.45, 7) is 29.8. The summed E-state index contributed by atoms with van der Waals surface area (Å²) in [5, 5.41) is 0. The molecule has 1 aliphatic heterocycles. The van der Waals surface area contributed by atoms with Gasteiger partial charge in [0, 0.05) is 46.1 Å². The predicted molar refractivity (Wildman–Crippen MR) is 86.4 cm³/mol. The van der Waals surface area contributed by atoms with Crippen molar-refractivity contribution < 1.29 is 68.1 Å². The molecular weight excluding hydrogens is 572 g/mol. The molecule has 2 radical (unpaired) electrons. The Morgan fingerprint density at radius 3 is 1.83 bits per heavy atom. The summed E-state index contributed by atoms with van der Waals surface area (Å²) in [6, 6.07) is 0. The van der Waals surface area contributed by atoms with Crippen molar-refractivity contribution in [1.29, 1.82) is 0 Å². The summed E-state index contributed by atoms with van der Waals surface area (Å²) in [6.07, 6.45) is 3.28. The maximum absolute atomic E-state index is 11.1. The number of esters is 1. The van der Waals surface area contributed by atoms with E-state index in [0.717, 1.165) is 0 Å². The first-order valence-electron chi connectivity index (χ1n) is 7.37. The van der Waals surface area contributed by atoms with Gasteiger partial charge in [0.25, 0.3) is 0 Å². The molecule has 30 heavy (non-hydrogen) atoms. The number of carbonyl (C=O) groups is 1. The van der Waals surface area contributed by atoms with Crippen molar-refractivity contribution in [3.63, 3.8) is 0 Å². The second kappa shape index (κ2) is 25.5. The second-order valence-corrected chi connectivity index (χ2v) is 5.25. The van der Waals surface area contributed by atoms with E-state index in [1.54, 1.807) is 7.11 Å². The van der Waals surface area contributed by atoms with Crippen LogP contribution in [0.2, 0.25) is 0 Å². The summed E-state index contributed by atoms with van der Waals surface area (Å²) in [5.41, 5.74) is 0. The predicted octanol–water partition coefficient (Wildman–Crippen LogP) is 1.22. The maximum atomic E-state index is 11.1. The summed E-state index contributed by atoms with van der Waals surface area (Å²) in [4.78, 5) is 11.1. The molecule has 0 amide bonds. The van der Waals surface area contributed by atoms with E-state index in [1.165, 1.54) is 13.2 Å². The molecular formula is C19H20O10W. The Labute approximate surface area is 190 Å². The van der Waals surface area contributed by atoms with Gasteiger partial charge < -0.3 is 18.9 Å². The van der Waals surface area contributed by atoms with E-state index in [-0.39, 0.29) is 50.9 Å². The Morgan fingerprint density at radius 2 is 1.50 bits per heavy atom. The van der Waals surface area contributed by atoms with Gasteiger partial charge in [0.2, 0.25) is 0 Å². The molecule has 0 bridgehead atoms. The SMILES string of the molecule is CO[C][C@@H]1[C@@H](/C=C\C(=O)OC)[C@H]1[C@H]1COC(C)(C)O1.[C-]#[O+].[C-]#[O+].[C-]#[O+].[C-]#[O+].[C-]#[O+].[W]. The van der Waals surface area contributed by atoms with Crippen LogP contribution in [0.1, 0.15) is 13.8 Å². The molecule has 162 valence electrons. The molecule has 2 rings (SSSR count). The zero-order valence-electron chi connectivity index (χ0n) is 16.7. The van der Waals surface area contributed by atoms with E-state index in [2.05, 4.69) is 44.6 Å². The van der Waals surface area contributed by atoms with Gasteiger partial charge in [-0.05, 0) is 19.8 Å². The summed E-state index contributed by atoms with van der Waals surface area (Å²) >= 11 is 0. The van der Waals surface area contributed by atoms with Gasteiger partial charge in [0.15, 0.2) is 5.79 Å². The van der Waals surface area contributed by atoms with Gasteiger partial charge in [-0.15, -0.1) is 0 Å². The summed E-state index contributed by atoms with van der Waals surface area (Å²) in [5.74, 6) is -0.343. The topological polar surface area (TPSA) is 153 Å². The van der Waals surface area contributed by atoms with Crippen molar-refractivity contribution in [3.8, 4) is 0 Å². The van der Waals surface area contributed by atoms with E-state index >= 15 is 0 Å². The maximum Gasteiger partial charge on any atom is 0 e. The largest absolute Gasteiger partial charge is 0 e. The van der Waals surface area contributed by atoms with Crippen molar-refractivity contribution >= 4 is 5.97 Å². The molecule has 0 aromatic rings. The van der Waals surface area contributed by atoms with Crippen molar-refractivity contribution in [1.82, 2.24) is 0 Å². The van der Waals surface area contributed by atoms with E-state index in [9.17, 15) is 4.79 Å². The van der Waals surface area contributed by atoms with Crippen LogP contribution in [0.5, 0.6) is 0 Å². The summed E-state index contributed by atoms with van der Waals surface area (Å²) in [7, 11) is 2.94. The quantitative estimate of drug-likeness (QED) is 0.204. The Hall–Kier alpha value is -1.52. The Bertz CT molecular complexity index is 527. The first-order valence-corrected chi connectivity index (χ1v) is 7.37.